The highest BCUT2D eigenvalue weighted by atomic mass is 16.5. The van der Waals surface area contributed by atoms with Gasteiger partial charge < -0.3 is 14.2 Å². The summed E-state index contributed by atoms with van der Waals surface area (Å²) in [5.74, 6) is 2.01. The maximum atomic E-state index is 5.70. The number of fused-ring (bicyclic) bond motifs is 1. The van der Waals surface area contributed by atoms with E-state index in [1.54, 1.807) is 13.3 Å². The third kappa shape index (κ3) is 2.43. The Morgan fingerprint density at radius 2 is 1.84 bits per heavy atom. The Kier molecular flexibility index (Phi) is 4.10. The minimum Gasteiger partial charge on any atom is -0.492 e. The van der Waals surface area contributed by atoms with E-state index in [1.807, 2.05) is 32.9 Å². The van der Waals surface area contributed by atoms with Crippen molar-refractivity contribution < 1.29 is 14.2 Å². The summed E-state index contributed by atoms with van der Waals surface area (Å²) in [6.45, 7) is 7.04. The Hall–Kier alpha value is -1.97. The second kappa shape index (κ2) is 5.78. The monoisotopic (exact) mass is 261 g/mol. The summed E-state index contributed by atoms with van der Waals surface area (Å²) in [5, 5.41) is 0.969. The van der Waals surface area contributed by atoms with Gasteiger partial charge in [-0.3, -0.25) is 4.98 Å². The van der Waals surface area contributed by atoms with E-state index in [0.29, 0.717) is 30.5 Å². The van der Waals surface area contributed by atoms with E-state index in [0.717, 1.165) is 16.5 Å². The maximum Gasteiger partial charge on any atom is 0.204 e. The van der Waals surface area contributed by atoms with Crippen LogP contribution in [0.1, 0.15) is 19.4 Å². The molecule has 0 spiro atoms. The molecule has 0 N–H and O–H groups in total. The van der Waals surface area contributed by atoms with E-state index in [1.165, 1.54) is 0 Å². The normalized spacial score (nSPS) is 10.5. The largest absolute Gasteiger partial charge is 0.492 e. The number of aryl methyl sites for hydroxylation is 1. The quantitative estimate of drug-likeness (QED) is 0.827. The molecule has 0 fully saturated rings. The van der Waals surface area contributed by atoms with Gasteiger partial charge in [0.05, 0.1) is 25.8 Å². The highest BCUT2D eigenvalue weighted by Gasteiger charge is 2.18. The lowest BCUT2D eigenvalue weighted by atomic mass is 10.1. The highest BCUT2D eigenvalue weighted by molar-refractivity contribution is 5.92. The maximum absolute atomic E-state index is 5.70. The van der Waals surface area contributed by atoms with Crippen LogP contribution in [0.4, 0.5) is 0 Å². The van der Waals surface area contributed by atoms with Crippen molar-refractivity contribution in [1.82, 2.24) is 4.98 Å². The van der Waals surface area contributed by atoms with Gasteiger partial charge in [0.2, 0.25) is 5.75 Å². The zero-order valence-electron chi connectivity index (χ0n) is 11.8. The molecule has 102 valence electrons. The first-order valence-electron chi connectivity index (χ1n) is 6.44. The summed E-state index contributed by atoms with van der Waals surface area (Å²) < 4.78 is 16.9. The molecular weight excluding hydrogens is 242 g/mol. The number of methoxy groups -OCH3 is 1. The van der Waals surface area contributed by atoms with Crippen LogP contribution in [-0.4, -0.2) is 25.3 Å². The second-order valence-electron chi connectivity index (χ2n) is 4.13. The van der Waals surface area contributed by atoms with Crippen LogP contribution in [0.2, 0.25) is 0 Å². The summed E-state index contributed by atoms with van der Waals surface area (Å²) in [5.41, 5.74) is 1.95. The predicted molar refractivity (Wildman–Crippen MR) is 75.4 cm³/mol. The smallest absolute Gasteiger partial charge is 0.204 e. The van der Waals surface area contributed by atoms with Crippen LogP contribution < -0.4 is 14.2 Å². The molecule has 1 aromatic heterocycles. The van der Waals surface area contributed by atoms with Crippen LogP contribution in [0.3, 0.4) is 0 Å². The molecule has 1 aromatic carbocycles. The summed E-state index contributed by atoms with van der Waals surface area (Å²) in [7, 11) is 1.64. The summed E-state index contributed by atoms with van der Waals surface area (Å²) >= 11 is 0. The molecule has 0 amide bonds. The number of hydrogen-bond donors (Lipinski definition) is 0. The van der Waals surface area contributed by atoms with Gasteiger partial charge in [-0.05, 0) is 32.4 Å². The molecule has 1 heterocycles. The first-order valence-corrected chi connectivity index (χ1v) is 6.44. The fourth-order valence-corrected chi connectivity index (χ4v) is 2.14. The average Bonchev–Trinajstić information content (AvgIpc) is 2.40. The van der Waals surface area contributed by atoms with E-state index in [9.17, 15) is 0 Å². The Bertz CT molecular complexity index is 581. The number of hydrogen-bond acceptors (Lipinski definition) is 4. The van der Waals surface area contributed by atoms with Crippen LogP contribution in [0.5, 0.6) is 17.2 Å². The molecule has 19 heavy (non-hydrogen) atoms. The first kappa shape index (κ1) is 13.5. The minimum atomic E-state index is 0.557. The molecule has 2 rings (SSSR count). The Morgan fingerprint density at radius 3 is 2.47 bits per heavy atom. The van der Waals surface area contributed by atoms with Gasteiger partial charge in [0, 0.05) is 17.6 Å². The van der Waals surface area contributed by atoms with Crippen molar-refractivity contribution in [2.24, 2.45) is 0 Å². The third-order valence-electron chi connectivity index (χ3n) is 2.91. The molecule has 0 aliphatic rings. The SMILES string of the molecule is CCOc1cc2nccc(C)c2c(OC)c1OCC. The topological polar surface area (TPSA) is 40.6 Å². The number of aromatic nitrogens is 1. The lowest BCUT2D eigenvalue weighted by Gasteiger charge is -2.17. The molecule has 4 nitrogen and oxygen atoms in total. The van der Waals surface area contributed by atoms with Crippen LogP contribution >= 0.6 is 0 Å². The Labute approximate surface area is 113 Å². The van der Waals surface area contributed by atoms with E-state index in [-0.39, 0.29) is 0 Å². The Morgan fingerprint density at radius 1 is 1.11 bits per heavy atom. The fraction of sp³-hybridized carbons (Fsp3) is 0.400. The van der Waals surface area contributed by atoms with Gasteiger partial charge in [-0.15, -0.1) is 0 Å². The minimum absolute atomic E-state index is 0.557. The number of ether oxygens (including phenoxy) is 3. The molecule has 0 saturated heterocycles. The van der Waals surface area contributed by atoms with Crippen molar-refractivity contribution in [2.75, 3.05) is 20.3 Å². The molecule has 0 bridgehead atoms. The second-order valence-corrected chi connectivity index (χ2v) is 4.13. The molecule has 0 unspecified atom stereocenters. The molecule has 0 atom stereocenters. The zero-order chi connectivity index (χ0) is 13.8. The number of rotatable bonds is 5. The molecule has 2 aromatic rings. The average molecular weight is 261 g/mol. The highest BCUT2D eigenvalue weighted by Crippen LogP contribution is 2.44. The standard InChI is InChI=1S/C15H19NO3/c1-5-18-12-9-11-13(10(3)7-8-16-11)15(17-4)14(12)19-6-2/h7-9H,5-6H2,1-4H3. The van der Waals surface area contributed by atoms with Crippen LogP contribution in [0.25, 0.3) is 10.9 Å². The van der Waals surface area contributed by atoms with E-state index in [2.05, 4.69) is 4.98 Å². The van der Waals surface area contributed by atoms with Crippen molar-refractivity contribution >= 4 is 10.9 Å². The van der Waals surface area contributed by atoms with Crippen molar-refractivity contribution in [3.8, 4) is 17.2 Å². The van der Waals surface area contributed by atoms with Gasteiger partial charge in [-0.25, -0.2) is 0 Å². The van der Waals surface area contributed by atoms with Gasteiger partial charge in [-0.1, -0.05) is 0 Å². The number of nitrogens with zero attached hydrogens (tertiary/aromatic N) is 1. The molecular formula is C15H19NO3. The van der Waals surface area contributed by atoms with E-state index in [4.69, 9.17) is 14.2 Å². The molecule has 0 aliphatic heterocycles. The Balaban J connectivity index is 2.77. The van der Waals surface area contributed by atoms with Crippen LogP contribution in [-0.2, 0) is 0 Å². The fourth-order valence-electron chi connectivity index (χ4n) is 2.14. The van der Waals surface area contributed by atoms with Crippen LogP contribution in [0, 0.1) is 6.92 Å². The first-order chi connectivity index (χ1) is 9.22. The van der Waals surface area contributed by atoms with E-state index < -0.39 is 0 Å². The third-order valence-corrected chi connectivity index (χ3v) is 2.91. The van der Waals surface area contributed by atoms with Gasteiger partial charge in [-0.2, -0.15) is 0 Å². The van der Waals surface area contributed by atoms with Crippen LogP contribution in [0.15, 0.2) is 18.3 Å². The molecule has 0 radical (unpaired) electrons. The van der Waals surface area contributed by atoms with Gasteiger partial charge in [0.15, 0.2) is 11.5 Å². The van der Waals surface area contributed by atoms with E-state index >= 15 is 0 Å². The van der Waals surface area contributed by atoms with Gasteiger partial charge in [0.25, 0.3) is 0 Å². The van der Waals surface area contributed by atoms with Crippen molar-refractivity contribution in [1.29, 1.82) is 0 Å². The van der Waals surface area contributed by atoms with Gasteiger partial charge in [0.1, 0.15) is 0 Å². The lowest BCUT2D eigenvalue weighted by molar-refractivity contribution is 0.273. The summed E-state index contributed by atoms with van der Waals surface area (Å²) in [6.07, 6.45) is 1.78. The van der Waals surface area contributed by atoms with Crippen molar-refractivity contribution in [3.05, 3.63) is 23.9 Å². The molecule has 0 aliphatic carbocycles. The van der Waals surface area contributed by atoms with Gasteiger partial charge >= 0.3 is 0 Å². The van der Waals surface area contributed by atoms with Crippen molar-refractivity contribution in [2.45, 2.75) is 20.8 Å². The summed E-state index contributed by atoms with van der Waals surface area (Å²) in [4.78, 5) is 4.38. The number of pyridine rings is 1. The predicted octanol–water partition coefficient (Wildman–Crippen LogP) is 3.35. The summed E-state index contributed by atoms with van der Waals surface area (Å²) in [6, 6.07) is 3.86. The van der Waals surface area contributed by atoms with Crippen molar-refractivity contribution in [3.63, 3.8) is 0 Å². The number of benzene rings is 1. The molecule has 4 heteroatoms. The zero-order valence-corrected chi connectivity index (χ0v) is 11.8. The lowest BCUT2D eigenvalue weighted by Crippen LogP contribution is -2.02. The molecule has 0 saturated carbocycles.